The molecule has 0 bridgehead atoms. The summed E-state index contributed by atoms with van der Waals surface area (Å²) in [6, 6.07) is 7.39. The number of allylic oxidation sites excluding steroid dienone is 1. The van der Waals surface area contributed by atoms with Gasteiger partial charge in [0, 0.05) is 22.6 Å². The van der Waals surface area contributed by atoms with E-state index in [2.05, 4.69) is 0 Å². The van der Waals surface area contributed by atoms with Gasteiger partial charge in [0.2, 0.25) is 0 Å². The van der Waals surface area contributed by atoms with E-state index in [1.54, 1.807) is 54.4 Å². The van der Waals surface area contributed by atoms with Crippen LogP contribution in [0.15, 0.2) is 35.9 Å². The molecule has 186 valence electrons. The minimum Gasteiger partial charge on any atom is -0.493 e. The van der Waals surface area contributed by atoms with Gasteiger partial charge in [0.15, 0.2) is 23.0 Å². The average Bonchev–Trinajstić information content (AvgIpc) is 3.23. The molecule has 0 amide bonds. The second kappa shape index (κ2) is 9.90. The van der Waals surface area contributed by atoms with Gasteiger partial charge in [-0.2, -0.15) is 0 Å². The van der Waals surface area contributed by atoms with E-state index in [1.807, 2.05) is 18.2 Å². The summed E-state index contributed by atoms with van der Waals surface area (Å²) < 4.78 is 34.1. The van der Waals surface area contributed by atoms with Crippen LogP contribution in [-0.2, 0) is 25.5 Å². The molecule has 1 fully saturated rings. The van der Waals surface area contributed by atoms with Crippen LogP contribution >= 0.6 is 0 Å². The molecule has 0 aromatic heterocycles. The summed E-state index contributed by atoms with van der Waals surface area (Å²) in [5, 5.41) is 0. The SMILES string of the molecule is C/C=C(/C)C(=O)O[C@H]1c2cc(OC)c(OC)cc2-c2c(ccc(OC)c2OC)C[C@@H]2C(=O)OC[C@H]21. The van der Waals surface area contributed by atoms with Crippen molar-refractivity contribution < 1.29 is 38.0 Å². The zero-order valence-electron chi connectivity index (χ0n) is 20.8. The molecule has 1 aliphatic carbocycles. The van der Waals surface area contributed by atoms with Crippen LogP contribution in [0.25, 0.3) is 11.1 Å². The van der Waals surface area contributed by atoms with Crippen LogP contribution in [0.2, 0.25) is 0 Å². The van der Waals surface area contributed by atoms with Crippen molar-refractivity contribution in [2.45, 2.75) is 26.4 Å². The van der Waals surface area contributed by atoms with Crippen molar-refractivity contribution in [2.75, 3.05) is 35.0 Å². The topological polar surface area (TPSA) is 89.5 Å². The number of fused-ring (bicyclic) bond motifs is 4. The fourth-order valence-corrected chi connectivity index (χ4v) is 4.83. The summed E-state index contributed by atoms with van der Waals surface area (Å²) in [6.07, 6.45) is 1.31. The number of cyclic esters (lactones) is 1. The van der Waals surface area contributed by atoms with Crippen LogP contribution in [0.5, 0.6) is 23.0 Å². The highest BCUT2D eigenvalue weighted by Crippen LogP contribution is 2.52. The number of rotatable bonds is 6. The molecule has 0 unspecified atom stereocenters. The molecule has 8 heteroatoms. The summed E-state index contributed by atoms with van der Waals surface area (Å²) in [6.45, 7) is 3.61. The first-order valence-electron chi connectivity index (χ1n) is 11.4. The Kier molecular flexibility index (Phi) is 6.91. The van der Waals surface area contributed by atoms with Gasteiger partial charge in [0.05, 0.1) is 41.0 Å². The van der Waals surface area contributed by atoms with E-state index in [9.17, 15) is 9.59 Å². The van der Waals surface area contributed by atoms with Gasteiger partial charge in [-0.3, -0.25) is 4.79 Å². The zero-order chi connectivity index (χ0) is 25.3. The lowest BCUT2D eigenvalue weighted by atomic mass is 9.76. The van der Waals surface area contributed by atoms with E-state index >= 15 is 0 Å². The number of benzene rings is 2. The first-order chi connectivity index (χ1) is 16.9. The van der Waals surface area contributed by atoms with Crippen molar-refractivity contribution in [3.63, 3.8) is 0 Å². The van der Waals surface area contributed by atoms with Gasteiger partial charge in [-0.05, 0) is 49.6 Å². The molecule has 0 radical (unpaired) electrons. The van der Waals surface area contributed by atoms with Gasteiger partial charge < -0.3 is 28.4 Å². The summed E-state index contributed by atoms with van der Waals surface area (Å²) in [4.78, 5) is 25.8. The molecule has 0 spiro atoms. The molecular weight excluding hydrogens is 452 g/mol. The first kappa shape index (κ1) is 24.4. The lowest BCUT2D eigenvalue weighted by Crippen LogP contribution is -2.30. The minimum absolute atomic E-state index is 0.146. The Morgan fingerprint density at radius 3 is 2.31 bits per heavy atom. The lowest BCUT2D eigenvalue weighted by molar-refractivity contribution is -0.149. The highest BCUT2D eigenvalue weighted by Gasteiger charge is 2.47. The third kappa shape index (κ3) is 4.17. The molecule has 4 rings (SSSR count). The van der Waals surface area contributed by atoms with E-state index in [0.29, 0.717) is 40.6 Å². The first-order valence-corrected chi connectivity index (χ1v) is 11.4. The number of carbonyl (C=O) groups is 2. The second-order valence-electron chi connectivity index (χ2n) is 8.53. The van der Waals surface area contributed by atoms with Gasteiger partial charge in [-0.25, -0.2) is 4.79 Å². The highest BCUT2D eigenvalue weighted by atomic mass is 16.6. The fourth-order valence-electron chi connectivity index (χ4n) is 4.83. The molecule has 1 heterocycles. The summed E-state index contributed by atoms with van der Waals surface area (Å²) in [7, 11) is 6.23. The molecule has 1 aliphatic heterocycles. The van der Waals surface area contributed by atoms with E-state index in [-0.39, 0.29) is 18.5 Å². The zero-order valence-corrected chi connectivity index (χ0v) is 20.8. The van der Waals surface area contributed by atoms with Crippen molar-refractivity contribution in [1.82, 2.24) is 0 Å². The fraction of sp³-hybridized carbons (Fsp3) is 0.407. The van der Waals surface area contributed by atoms with E-state index < -0.39 is 18.0 Å². The smallest absolute Gasteiger partial charge is 0.333 e. The molecule has 2 aromatic rings. The number of methoxy groups -OCH3 is 4. The summed E-state index contributed by atoms with van der Waals surface area (Å²) in [5.74, 6) is 0.368. The Hall–Kier alpha value is -3.68. The van der Waals surface area contributed by atoms with Gasteiger partial charge in [0.25, 0.3) is 0 Å². The van der Waals surface area contributed by atoms with Crippen molar-refractivity contribution in [2.24, 2.45) is 11.8 Å². The maximum atomic E-state index is 13.0. The Morgan fingerprint density at radius 1 is 1.00 bits per heavy atom. The molecule has 2 aromatic carbocycles. The molecule has 35 heavy (non-hydrogen) atoms. The summed E-state index contributed by atoms with van der Waals surface area (Å²) >= 11 is 0. The molecule has 0 N–H and O–H groups in total. The van der Waals surface area contributed by atoms with E-state index in [0.717, 1.165) is 16.7 Å². The van der Waals surface area contributed by atoms with Crippen molar-refractivity contribution in [3.8, 4) is 34.1 Å². The van der Waals surface area contributed by atoms with Gasteiger partial charge in [-0.1, -0.05) is 12.1 Å². The molecule has 1 saturated heterocycles. The second-order valence-corrected chi connectivity index (χ2v) is 8.53. The number of carbonyl (C=O) groups excluding carboxylic acids is 2. The average molecular weight is 483 g/mol. The normalized spacial score (nSPS) is 20.9. The third-order valence-electron chi connectivity index (χ3n) is 6.82. The summed E-state index contributed by atoms with van der Waals surface area (Å²) in [5.41, 5.74) is 3.50. The van der Waals surface area contributed by atoms with Gasteiger partial charge in [-0.15, -0.1) is 0 Å². The van der Waals surface area contributed by atoms with Gasteiger partial charge in [0.1, 0.15) is 6.10 Å². The Morgan fingerprint density at radius 2 is 1.69 bits per heavy atom. The minimum atomic E-state index is -0.771. The van der Waals surface area contributed by atoms with Crippen LogP contribution in [0.3, 0.4) is 0 Å². The number of hydrogen-bond donors (Lipinski definition) is 0. The number of ether oxygens (including phenoxy) is 6. The Balaban J connectivity index is 2.06. The molecule has 8 nitrogen and oxygen atoms in total. The van der Waals surface area contributed by atoms with E-state index in [1.165, 1.54) is 0 Å². The predicted octanol–water partition coefficient (Wildman–Crippen LogP) is 4.28. The van der Waals surface area contributed by atoms with Gasteiger partial charge >= 0.3 is 11.9 Å². The lowest BCUT2D eigenvalue weighted by Gasteiger charge is -2.32. The Labute approximate surface area is 204 Å². The predicted molar refractivity (Wildman–Crippen MR) is 128 cm³/mol. The van der Waals surface area contributed by atoms with Crippen molar-refractivity contribution in [1.29, 1.82) is 0 Å². The maximum absolute atomic E-state index is 13.0. The Bertz CT molecular complexity index is 1180. The number of esters is 2. The van der Waals surface area contributed by atoms with Crippen LogP contribution in [0, 0.1) is 11.8 Å². The van der Waals surface area contributed by atoms with Crippen molar-refractivity contribution >= 4 is 11.9 Å². The monoisotopic (exact) mass is 482 g/mol. The van der Waals surface area contributed by atoms with Crippen LogP contribution < -0.4 is 18.9 Å². The van der Waals surface area contributed by atoms with Crippen LogP contribution in [0.1, 0.15) is 31.1 Å². The standard InChI is InChI=1S/C27H30O8/c1-7-14(2)26(28)35-24-17-12-22(32-5)21(31-4)11-16(17)23-15(8-9-20(30-3)25(23)33-6)10-18-19(24)13-34-27(18)29/h7-9,11-12,18-19,24H,10,13H2,1-6H3/b14-7-/t18-,19+,24-/m0/s1. The molecular formula is C27H30O8. The third-order valence-corrected chi connectivity index (χ3v) is 6.82. The number of hydrogen-bond acceptors (Lipinski definition) is 8. The van der Waals surface area contributed by atoms with Crippen molar-refractivity contribution in [3.05, 3.63) is 47.0 Å². The molecule has 2 aliphatic rings. The maximum Gasteiger partial charge on any atom is 0.333 e. The quantitative estimate of drug-likeness (QED) is 0.445. The van der Waals surface area contributed by atoms with Crippen LogP contribution in [-0.4, -0.2) is 47.0 Å². The highest BCUT2D eigenvalue weighted by molar-refractivity contribution is 5.89. The largest absolute Gasteiger partial charge is 0.493 e. The van der Waals surface area contributed by atoms with Crippen LogP contribution in [0.4, 0.5) is 0 Å². The molecule has 3 atom stereocenters. The molecule has 0 saturated carbocycles. The van der Waals surface area contributed by atoms with E-state index in [4.69, 9.17) is 28.4 Å².